The Morgan fingerprint density at radius 2 is 1.49 bits per heavy atom. The van der Waals surface area contributed by atoms with Crippen LogP contribution in [0.25, 0.3) is 0 Å². The Bertz CT molecular complexity index is 1160. The number of ketones is 1. The lowest BCUT2D eigenvalue weighted by Crippen LogP contribution is -2.55. The topological polar surface area (TPSA) is 103 Å². The predicted molar refractivity (Wildman–Crippen MR) is 127 cm³/mol. The van der Waals surface area contributed by atoms with Crippen molar-refractivity contribution in [2.75, 3.05) is 0 Å². The van der Waals surface area contributed by atoms with E-state index < -0.39 is 41.1 Å². The lowest BCUT2D eigenvalue weighted by atomic mass is 9.62. The third-order valence-corrected chi connectivity index (χ3v) is 6.29. The van der Waals surface area contributed by atoms with Crippen LogP contribution in [0.5, 0.6) is 0 Å². The second-order valence-corrected chi connectivity index (χ2v) is 8.95. The Hall–Kier alpha value is -3.84. The lowest BCUT2D eigenvalue weighted by Gasteiger charge is -2.43. The minimum Gasteiger partial charge on any atom is -0.461 e. The van der Waals surface area contributed by atoms with Crippen molar-refractivity contribution >= 4 is 17.7 Å². The number of rotatable bonds is 7. The molecule has 1 heterocycles. The molecule has 7 nitrogen and oxygen atoms in total. The number of pyridine rings is 1. The van der Waals surface area contributed by atoms with Crippen LogP contribution in [0, 0.1) is 11.8 Å². The standard InChI is InChI=1S/C28H27NO6/c1-28(33)15-22(30)24(26(31)34-17-19-9-4-2-5-10-19)23(21-13-8-14-29-16-21)25(28)27(32)35-18-20-11-6-3-7-12-20/h2-14,16,23-25,33H,15,17-18H2,1H3/t23-,24-,25+,28-/m0/s1. The highest BCUT2D eigenvalue weighted by molar-refractivity contribution is 6.02. The van der Waals surface area contributed by atoms with Crippen LogP contribution in [-0.2, 0) is 37.1 Å². The molecular formula is C28H27NO6. The Labute approximate surface area is 203 Å². The van der Waals surface area contributed by atoms with Crippen molar-refractivity contribution < 1.29 is 29.0 Å². The van der Waals surface area contributed by atoms with Gasteiger partial charge in [-0.05, 0) is 29.7 Å². The van der Waals surface area contributed by atoms with Gasteiger partial charge < -0.3 is 14.6 Å². The third-order valence-electron chi connectivity index (χ3n) is 6.29. The maximum absolute atomic E-state index is 13.4. The van der Waals surface area contributed by atoms with Crippen molar-refractivity contribution in [1.29, 1.82) is 0 Å². The highest BCUT2D eigenvalue weighted by Gasteiger charge is 2.57. The molecule has 4 rings (SSSR count). The fourth-order valence-electron chi connectivity index (χ4n) is 4.63. The minimum absolute atomic E-state index is 0.00306. The molecular weight excluding hydrogens is 446 g/mol. The predicted octanol–water partition coefficient (Wildman–Crippen LogP) is 3.61. The fourth-order valence-corrected chi connectivity index (χ4v) is 4.63. The van der Waals surface area contributed by atoms with Crippen LogP contribution in [0.3, 0.4) is 0 Å². The number of Topliss-reactive ketones (excluding diaryl/α,β-unsaturated/α-hetero) is 1. The van der Waals surface area contributed by atoms with Gasteiger partial charge in [0.25, 0.3) is 0 Å². The quantitative estimate of drug-likeness (QED) is 0.413. The van der Waals surface area contributed by atoms with E-state index in [1.54, 1.807) is 18.3 Å². The minimum atomic E-state index is -1.72. The Balaban J connectivity index is 1.64. The van der Waals surface area contributed by atoms with Gasteiger partial charge in [0.1, 0.15) is 19.1 Å². The second kappa shape index (κ2) is 10.6. The van der Waals surface area contributed by atoms with Crippen LogP contribution >= 0.6 is 0 Å². The van der Waals surface area contributed by atoms with Crippen molar-refractivity contribution in [1.82, 2.24) is 4.98 Å². The van der Waals surface area contributed by atoms with Gasteiger partial charge in [0.2, 0.25) is 0 Å². The molecule has 7 heteroatoms. The van der Waals surface area contributed by atoms with Crippen LogP contribution in [0.15, 0.2) is 85.2 Å². The van der Waals surface area contributed by atoms with E-state index in [4.69, 9.17) is 9.47 Å². The van der Waals surface area contributed by atoms with Gasteiger partial charge in [0.05, 0.1) is 11.5 Å². The van der Waals surface area contributed by atoms with Crippen LogP contribution < -0.4 is 0 Å². The van der Waals surface area contributed by atoms with E-state index >= 15 is 0 Å². The van der Waals surface area contributed by atoms with Crippen LogP contribution in [-0.4, -0.2) is 33.4 Å². The summed E-state index contributed by atoms with van der Waals surface area (Å²) in [5, 5.41) is 11.2. The summed E-state index contributed by atoms with van der Waals surface area (Å²) in [7, 11) is 0. The molecule has 35 heavy (non-hydrogen) atoms. The number of ether oxygens (including phenoxy) is 2. The van der Waals surface area contributed by atoms with E-state index in [-0.39, 0.29) is 19.6 Å². The monoisotopic (exact) mass is 473 g/mol. The van der Waals surface area contributed by atoms with E-state index in [0.717, 1.165) is 11.1 Å². The maximum Gasteiger partial charge on any atom is 0.317 e. The first-order chi connectivity index (χ1) is 16.9. The van der Waals surface area contributed by atoms with Gasteiger partial charge in [-0.3, -0.25) is 19.4 Å². The van der Waals surface area contributed by atoms with E-state index in [1.165, 1.54) is 13.1 Å². The summed E-state index contributed by atoms with van der Waals surface area (Å²) >= 11 is 0. The van der Waals surface area contributed by atoms with Crippen molar-refractivity contribution in [2.24, 2.45) is 11.8 Å². The SMILES string of the molecule is C[C@]1(O)CC(=O)[C@H](C(=O)OCc2ccccc2)[C@H](c2cccnc2)[C@@H]1C(=O)OCc1ccccc1. The average Bonchev–Trinajstić information content (AvgIpc) is 2.86. The molecule has 1 fully saturated rings. The van der Waals surface area contributed by atoms with E-state index in [2.05, 4.69) is 4.98 Å². The van der Waals surface area contributed by atoms with Gasteiger partial charge in [-0.2, -0.15) is 0 Å². The highest BCUT2D eigenvalue weighted by atomic mass is 16.5. The summed E-state index contributed by atoms with van der Waals surface area (Å²) in [6.07, 6.45) is 2.67. The molecule has 0 bridgehead atoms. The zero-order chi connectivity index (χ0) is 24.8. The van der Waals surface area contributed by atoms with E-state index in [0.29, 0.717) is 5.56 Å². The number of hydrogen-bond donors (Lipinski definition) is 1. The molecule has 0 unspecified atom stereocenters. The molecule has 0 radical (unpaired) electrons. The number of carbonyl (C=O) groups is 3. The molecule has 1 aromatic heterocycles. The maximum atomic E-state index is 13.4. The first-order valence-electron chi connectivity index (χ1n) is 11.4. The van der Waals surface area contributed by atoms with E-state index in [9.17, 15) is 19.5 Å². The summed E-state index contributed by atoms with van der Waals surface area (Å²) in [4.78, 5) is 43.9. The van der Waals surface area contributed by atoms with E-state index in [1.807, 2.05) is 60.7 Å². The number of benzene rings is 2. The normalized spacial score (nSPS) is 23.9. The molecule has 1 aliphatic carbocycles. The van der Waals surface area contributed by atoms with Gasteiger partial charge in [-0.1, -0.05) is 66.7 Å². The molecule has 1 N–H and O–H groups in total. The average molecular weight is 474 g/mol. The number of esters is 2. The molecule has 0 aliphatic heterocycles. The van der Waals surface area contributed by atoms with Crippen molar-refractivity contribution in [2.45, 2.75) is 38.1 Å². The summed E-state index contributed by atoms with van der Waals surface area (Å²) in [5.74, 6) is -5.38. The second-order valence-electron chi connectivity index (χ2n) is 8.95. The van der Waals surface area contributed by atoms with Gasteiger partial charge in [-0.25, -0.2) is 0 Å². The molecule has 180 valence electrons. The zero-order valence-electron chi connectivity index (χ0n) is 19.4. The molecule has 3 aromatic rings. The van der Waals surface area contributed by atoms with Crippen LogP contribution in [0.1, 0.15) is 36.0 Å². The number of hydrogen-bond acceptors (Lipinski definition) is 7. The Morgan fingerprint density at radius 3 is 2.03 bits per heavy atom. The summed E-state index contributed by atoms with van der Waals surface area (Å²) < 4.78 is 11.1. The molecule has 1 saturated carbocycles. The van der Waals surface area contributed by atoms with Crippen LogP contribution in [0.4, 0.5) is 0 Å². The Morgan fingerprint density at radius 1 is 0.914 bits per heavy atom. The fraction of sp³-hybridized carbons (Fsp3) is 0.286. The summed E-state index contributed by atoms with van der Waals surface area (Å²) in [6, 6.07) is 21.6. The third kappa shape index (κ3) is 5.63. The van der Waals surface area contributed by atoms with Gasteiger partial charge in [0.15, 0.2) is 5.78 Å². The van der Waals surface area contributed by atoms with Crippen molar-refractivity contribution in [3.8, 4) is 0 Å². The van der Waals surface area contributed by atoms with Gasteiger partial charge >= 0.3 is 11.9 Å². The molecule has 2 aromatic carbocycles. The van der Waals surface area contributed by atoms with Crippen LogP contribution in [0.2, 0.25) is 0 Å². The smallest absolute Gasteiger partial charge is 0.317 e. The first-order valence-corrected chi connectivity index (χ1v) is 11.4. The van der Waals surface area contributed by atoms with Gasteiger partial charge in [0, 0.05) is 24.7 Å². The van der Waals surface area contributed by atoms with Crippen molar-refractivity contribution in [3.05, 3.63) is 102 Å². The number of nitrogens with zero attached hydrogens (tertiary/aromatic N) is 1. The molecule has 0 amide bonds. The molecule has 1 aliphatic rings. The summed E-state index contributed by atoms with van der Waals surface area (Å²) in [5.41, 5.74) is 0.308. The molecule has 0 spiro atoms. The highest BCUT2D eigenvalue weighted by Crippen LogP contribution is 2.46. The number of carbonyl (C=O) groups excluding carboxylic acids is 3. The lowest BCUT2D eigenvalue weighted by molar-refractivity contribution is -0.174. The largest absolute Gasteiger partial charge is 0.461 e. The number of aliphatic hydroxyl groups is 1. The first kappa shape index (κ1) is 24.3. The van der Waals surface area contributed by atoms with Gasteiger partial charge in [-0.15, -0.1) is 0 Å². The molecule has 0 saturated heterocycles. The zero-order valence-corrected chi connectivity index (χ0v) is 19.4. The Kier molecular flexibility index (Phi) is 7.36. The molecule has 4 atom stereocenters. The number of aromatic nitrogens is 1. The summed E-state index contributed by atoms with van der Waals surface area (Å²) in [6.45, 7) is 1.42. The van der Waals surface area contributed by atoms with Crippen molar-refractivity contribution in [3.63, 3.8) is 0 Å².